The average Bonchev–Trinajstić information content (AvgIpc) is 2.89. The van der Waals surface area contributed by atoms with Crippen LogP contribution >= 0.6 is 0 Å². The summed E-state index contributed by atoms with van der Waals surface area (Å²) >= 11 is 0. The number of carbonyl (C=O) groups is 2. The largest absolute Gasteiger partial charge is 0.481 e. The van der Waals surface area contributed by atoms with Crippen molar-refractivity contribution in [3.63, 3.8) is 0 Å². The maximum atomic E-state index is 11.9. The molecule has 0 spiro atoms. The van der Waals surface area contributed by atoms with Gasteiger partial charge in [0.05, 0.1) is 0 Å². The van der Waals surface area contributed by atoms with E-state index in [0.717, 1.165) is 30.8 Å². The first kappa shape index (κ1) is 14.5. The number of aryl methyl sites for hydroxylation is 1. The molecule has 108 valence electrons. The Labute approximate surface area is 118 Å². The predicted molar refractivity (Wildman–Crippen MR) is 76.6 cm³/mol. The monoisotopic (exact) mass is 276 g/mol. The SMILES string of the molecule is O=C(O)CCc1cccc(NC(=O)CC2CCNC2)c1. The molecule has 1 aromatic carbocycles. The van der Waals surface area contributed by atoms with Crippen molar-refractivity contribution in [3.8, 4) is 0 Å². The van der Waals surface area contributed by atoms with Gasteiger partial charge in [-0.15, -0.1) is 0 Å². The van der Waals surface area contributed by atoms with Crippen molar-refractivity contribution < 1.29 is 14.7 Å². The third-order valence-electron chi connectivity index (χ3n) is 3.47. The molecule has 1 saturated heterocycles. The molecule has 1 unspecified atom stereocenters. The number of carboxylic acids is 1. The normalized spacial score (nSPS) is 17.9. The van der Waals surface area contributed by atoms with Crippen molar-refractivity contribution in [2.45, 2.75) is 25.7 Å². The van der Waals surface area contributed by atoms with Gasteiger partial charge in [-0.05, 0) is 49.5 Å². The summed E-state index contributed by atoms with van der Waals surface area (Å²) in [5.74, 6) is -0.368. The number of anilines is 1. The summed E-state index contributed by atoms with van der Waals surface area (Å²) < 4.78 is 0. The summed E-state index contributed by atoms with van der Waals surface area (Å²) in [6.07, 6.45) is 2.16. The van der Waals surface area contributed by atoms with E-state index >= 15 is 0 Å². The lowest BCUT2D eigenvalue weighted by Crippen LogP contribution is -2.18. The molecule has 1 heterocycles. The van der Waals surface area contributed by atoms with Crippen LogP contribution in [-0.2, 0) is 16.0 Å². The first-order valence-corrected chi connectivity index (χ1v) is 6.95. The van der Waals surface area contributed by atoms with Gasteiger partial charge >= 0.3 is 5.97 Å². The Balaban J connectivity index is 1.86. The number of carbonyl (C=O) groups excluding carboxylic acids is 1. The van der Waals surface area contributed by atoms with Crippen LogP contribution in [0.4, 0.5) is 5.69 Å². The standard InChI is InChI=1S/C15H20N2O3/c18-14(9-12-6-7-16-10-12)17-13-3-1-2-11(8-13)4-5-15(19)20/h1-3,8,12,16H,4-7,9-10H2,(H,17,18)(H,19,20). The second-order valence-electron chi connectivity index (χ2n) is 5.21. The predicted octanol–water partition coefficient (Wildman–Crippen LogP) is 1.64. The number of nitrogens with one attached hydrogen (secondary N) is 2. The van der Waals surface area contributed by atoms with Crippen molar-refractivity contribution in [2.75, 3.05) is 18.4 Å². The van der Waals surface area contributed by atoms with E-state index in [2.05, 4.69) is 10.6 Å². The molecule has 0 saturated carbocycles. The molecule has 0 bridgehead atoms. The van der Waals surface area contributed by atoms with Gasteiger partial charge in [0.2, 0.25) is 5.91 Å². The molecule has 1 aliphatic heterocycles. The zero-order valence-electron chi connectivity index (χ0n) is 11.4. The summed E-state index contributed by atoms with van der Waals surface area (Å²) in [6, 6.07) is 7.38. The van der Waals surface area contributed by atoms with Gasteiger partial charge in [-0.25, -0.2) is 0 Å². The summed E-state index contributed by atoms with van der Waals surface area (Å²) in [7, 11) is 0. The Kier molecular flexibility index (Phi) is 5.12. The molecule has 20 heavy (non-hydrogen) atoms. The van der Waals surface area contributed by atoms with E-state index in [0.29, 0.717) is 18.8 Å². The Morgan fingerprint density at radius 2 is 2.25 bits per heavy atom. The van der Waals surface area contributed by atoms with Crippen molar-refractivity contribution in [1.82, 2.24) is 5.32 Å². The molecule has 2 rings (SSSR count). The van der Waals surface area contributed by atoms with Crippen LogP contribution < -0.4 is 10.6 Å². The molecule has 0 aromatic heterocycles. The quantitative estimate of drug-likeness (QED) is 0.738. The molecular formula is C15H20N2O3. The van der Waals surface area contributed by atoms with Crippen LogP contribution in [0.2, 0.25) is 0 Å². The van der Waals surface area contributed by atoms with Crippen LogP contribution in [0.1, 0.15) is 24.8 Å². The lowest BCUT2D eigenvalue weighted by Gasteiger charge is -2.10. The zero-order valence-corrected chi connectivity index (χ0v) is 11.4. The minimum atomic E-state index is -0.812. The molecule has 1 aromatic rings. The summed E-state index contributed by atoms with van der Waals surface area (Å²) in [5, 5.41) is 14.8. The first-order valence-electron chi connectivity index (χ1n) is 6.95. The van der Waals surface area contributed by atoms with Gasteiger partial charge in [-0.1, -0.05) is 12.1 Å². The smallest absolute Gasteiger partial charge is 0.303 e. The van der Waals surface area contributed by atoms with Crippen LogP contribution in [0.25, 0.3) is 0 Å². The van der Waals surface area contributed by atoms with Crippen LogP contribution in [0.5, 0.6) is 0 Å². The van der Waals surface area contributed by atoms with E-state index in [9.17, 15) is 9.59 Å². The number of hydrogen-bond acceptors (Lipinski definition) is 3. The van der Waals surface area contributed by atoms with Crippen LogP contribution in [0.3, 0.4) is 0 Å². The van der Waals surface area contributed by atoms with E-state index < -0.39 is 5.97 Å². The fourth-order valence-corrected chi connectivity index (χ4v) is 2.42. The van der Waals surface area contributed by atoms with Gasteiger partial charge in [0.25, 0.3) is 0 Å². The molecule has 0 aliphatic carbocycles. The lowest BCUT2D eigenvalue weighted by molar-refractivity contribution is -0.137. The molecule has 3 N–H and O–H groups in total. The van der Waals surface area contributed by atoms with E-state index in [1.165, 1.54) is 0 Å². The third kappa shape index (κ3) is 4.66. The Bertz CT molecular complexity index is 482. The van der Waals surface area contributed by atoms with Gasteiger partial charge < -0.3 is 15.7 Å². The average molecular weight is 276 g/mol. The minimum Gasteiger partial charge on any atom is -0.481 e. The molecule has 5 heteroatoms. The van der Waals surface area contributed by atoms with Gasteiger partial charge in [-0.3, -0.25) is 9.59 Å². The molecule has 1 atom stereocenters. The van der Waals surface area contributed by atoms with Gasteiger partial charge in [0.15, 0.2) is 0 Å². The van der Waals surface area contributed by atoms with Crippen molar-refractivity contribution in [2.24, 2.45) is 5.92 Å². The topological polar surface area (TPSA) is 78.4 Å². The number of amides is 1. The van der Waals surface area contributed by atoms with Gasteiger partial charge in [-0.2, -0.15) is 0 Å². The van der Waals surface area contributed by atoms with Gasteiger partial charge in [0.1, 0.15) is 0 Å². The highest BCUT2D eigenvalue weighted by Crippen LogP contribution is 2.16. The fraction of sp³-hybridized carbons (Fsp3) is 0.467. The van der Waals surface area contributed by atoms with E-state index in [1.54, 1.807) is 0 Å². The van der Waals surface area contributed by atoms with E-state index in [-0.39, 0.29) is 12.3 Å². The van der Waals surface area contributed by atoms with Crippen molar-refractivity contribution in [1.29, 1.82) is 0 Å². The highest BCUT2D eigenvalue weighted by molar-refractivity contribution is 5.91. The number of aliphatic carboxylic acids is 1. The number of benzene rings is 1. The molecular weight excluding hydrogens is 256 g/mol. The minimum absolute atomic E-state index is 0.0223. The summed E-state index contributed by atoms with van der Waals surface area (Å²) in [4.78, 5) is 22.5. The van der Waals surface area contributed by atoms with E-state index in [4.69, 9.17) is 5.11 Å². The Hall–Kier alpha value is -1.88. The maximum Gasteiger partial charge on any atom is 0.303 e. The molecule has 1 fully saturated rings. The molecule has 5 nitrogen and oxygen atoms in total. The molecule has 1 amide bonds. The van der Waals surface area contributed by atoms with Crippen molar-refractivity contribution in [3.05, 3.63) is 29.8 Å². The van der Waals surface area contributed by atoms with Crippen molar-refractivity contribution >= 4 is 17.6 Å². The zero-order chi connectivity index (χ0) is 14.4. The Morgan fingerprint density at radius 1 is 1.40 bits per heavy atom. The third-order valence-corrected chi connectivity index (χ3v) is 3.47. The maximum absolute atomic E-state index is 11.9. The second kappa shape index (κ2) is 7.05. The van der Waals surface area contributed by atoms with Crippen LogP contribution in [0, 0.1) is 5.92 Å². The summed E-state index contributed by atoms with van der Waals surface area (Å²) in [6.45, 7) is 1.90. The number of rotatable bonds is 6. The van der Waals surface area contributed by atoms with Gasteiger partial charge in [0, 0.05) is 18.5 Å². The van der Waals surface area contributed by atoms with Crippen LogP contribution in [0.15, 0.2) is 24.3 Å². The number of carboxylic acid groups (broad SMARTS) is 1. The van der Waals surface area contributed by atoms with E-state index in [1.807, 2.05) is 24.3 Å². The highest BCUT2D eigenvalue weighted by atomic mass is 16.4. The summed E-state index contributed by atoms with van der Waals surface area (Å²) in [5.41, 5.74) is 1.66. The molecule has 0 radical (unpaired) electrons. The van der Waals surface area contributed by atoms with Crippen LogP contribution in [-0.4, -0.2) is 30.1 Å². The fourth-order valence-electron chi connectivity index (χ4n) is 2.42. The molecule has 1 aliphatic rings. The highest BCUT2D eigenvalue weighted by Gasteiger charge is 2.17. The first-order chi connectivity index (χ1) is 9.63. The lowest BCUT2D eigenvalue weighted by atomic mass is 10.0. The Morgan fingerprint density at radius 3 is 2.95 bits per heavy atom. The number of hydrogen-bond donors (Lipinski definition) is 3. The second-order valence-corrected chi connectivity index (χ2v) is 5.21.